The molecule has 0 saturated carbocycles. The van der Waals surface area contributed by atoms with Crippen LogP contribution in [0.4, 0.5) is 0 Å². The molecule has 0 saturated heterocycles. The van der Waals surface area contributed by atoms with Crippen LogP contribution in [0, 0.1) is 6.92 Å². The number of rotatable bonds is 5. The molecule has 0 spiro atoms. The second-order valence-corrected chi connectivity index (χ2v) is 7.96. The molecule has 3 aromatic carbocycles. The number of carbonyl (C=O) groups excluding carboxylic acids is 1. The molecule has 0 aliphatic heterocycles. The van der Waals surface area contributed by atoms with Crippen molar-refractivity contribution < 1.29 is 4.79 Å². The topological polar surface area (TPSA) is 17.1 Å². The smallest absolute Gasteiger partial charge is 0.150 e. The zero-order valence-electron chi connectivity index (χ0n) is 14.5. The van der Waals surface area contributed by atoms with Crippen LogP contribution in [-0.4, -0.2) is 6.29 Å². The van der Waals surface area contributed by atoms with Crippen molar-refractivity contribution in [2.45, 2.75) is 20.3 Å². The Hall–Kier alpha value is -1.51. The van der Waals surface area contributed by atoms with E-state index in [9.17, 15) is 4.79 Å². The molecule has 25 heavy (non-hydrogen) atoms. The van der Waals surface area contributed by atoms with Gasteiger partial charge in [-0.2, -0.15) is 0 Å². The van der Waals surface area contributed by atoms with Crippen molar-refractivity contribution in [3.05, 3.63) is 89.5 Å². The highest BCUT2D eigenvalue weighted by molar-refractivity contribution is 14.0. The average molecular weight is 460 g/mol. The van der Waals surface area contributed by atoms with Crippen LogP contribution in [0.25, 0.3) is 0 Å². The molecule has 3 heteroatoms. The summed E-state index contributed by atoms with van der Waals surface area (Å²) in [6, 6.07) is 25.5. The molecule has 0 N–H and O–H groups in total. The summed E-state index contributed by atoms with van der Waals surface area (Å²) in [7, 11) is -0.666. The summed E-state index contributed by atoms with van der Waals surface area (Å²) in [6.07, 6.45) is 1.88. The van der Waals surface area contributed by atoms with Gasteiger partial charge >= 0.3 is 0 Å². The molecule has 0 bridgehead atoms. The van der Waals surface area contributed by atoms with Crippen molar-refractivity contribution in [3.63, 3.8) is 0 Å². The van der Waals surface area contributed by atoms with Crippen LogP contribution in [0.5, 0.6) is 0 Å². The van der Waals surface area contributed by atoms with E-state index in [0.29, 0.717) is 0 Å². The van der Waals surface area contributed by atoms with Gasteiger partial charge in [0.15, 0.2) is 6.29 Å². The standard InChI is InChI=1S/C22H21OP.HI/c1-3-20-21(16-23)17(2)14-15-22(20)24(18-10-6-4-7-11-18)19-12-8-5-9-13-19;/h4-16H,3H2,1-2H3;1H. The summed E-state index contributed by atoms with van der Waals surface area (Å²) in [4.78, 5) is 11.7. The summed E-state index contributed by atoms with van der Waals surface area (Å²) in [5.41, 5.74) is 3.10. The van der Waals surface area contributed by atoms with Gasteiger partial charge in [-0.15, -0.1) is 24.0 Å². The molecular weight excluding hydrogens is 438 g/mol. The summed E-state index contributed by atoms with van der Waals surface area (Å²) in [6.45, 7) is 4.15. The van der Waals surface area contributed by atoms with E-state index in [2.05, 4.69) is 79.7 Å². The lowest BCUT2D eigenvalue weighted by atomic mass is 10.0. The van der Waals surface area contributed by atoms with Gasteiger partial charge in [-0.3, -0.25) is 4.79 Å². The number of aldehydes is 1. The highest BCUT2D eigenvalue weighted by Crippen LogP contribution is 2.35. The Balaban J connectivity index is 0.00000225. The lowest BCUT2D eigenvalue weighted by Crippen LogP contribution is -2.24. The molecule has 1 nitrogen and oxygen atoms in total. The van der Waals surface area contributed by atoms with Crippen molar-refractivity contribution in [3.8, 4) is 0 Å². The molecule has 0 atom stereocenters. The van der Waals surface area contributed by atoms with Crippen LogP contribution < -0.4 is 15.9 Å². The third-order valence-corrected chi connectivity index (χ3v) is 6.82. The molecule has 0 unspecified atom stereocenters. The second-order valence-electron chi connectivity index (χ2n) is 5.77. The van der Waals surface area contributed by atoms with Crippen LogP contribution in [-0.2, 0) is 6.42 Å². The summed E-state index contributed by atoms with van der Waals surface area (Å²) >= 11 is 0. The first-order valence-electron chi connectivity index (χ1n) is 8.24. The van der Waals surface area contributed by atoms with Gasteiger partial charge in [0, 0.05) is 5.56 Å². The van der Waals surface area contributed by atoms with Crippen molar-refractivity contribution in [2.24, 2.45) is 0 Å². The Morgan fingerprint density at radius 2 is 1.36 bits per heavy atom. The fraction of sp³-hybridized carbons (Fsp3) is 0.136. The van der Waals surface area contributed by atoms with Crippen LogP contribution in [0.3, 0.4) is 0 Å². The van der Waals surface area contributed by atoms with Gasteiger partial charge in [-0.1, -0.05) is 79.7 Å². The number of benzene rings is 3. The predicted octanol–water partition coefficient (Wildman–Crippen LogP) is 4.75. The van der Waals surface area contributed by atoms with Gasteiger partial charge in [0.05, 0.1) is 0 Å². The molecule has 3 aromatic rings. The maximum Gasteiger partial charge on any atom is 0.150 e. The SMILES string of the molecule is CCc1c(P(c2ccccc2)c2ccccc2)ccc(C)c1C=O.I. The molecule has 0 aliphatic rings. The minimum atomic E-state index is -0.666. The Morgan fingerprint density at radius 3 is 1.80 bits per heavy atom. The minimum absolute atomic E-state index is 0. The van der Waals surface area contributed by atoms with Crippen LogP contribution >= 0.6 is 31.9 Å². The quantitative estimate of drug-likeness (QED) is 0.305. The van der Waals surface area contributed by atoms with Crippen LogP contribution in [0.1, 0.15) is 28.4 Å². The summed E-state index contributed by atoms with van der Waals surface area (Å²) < 4.78 is 0. The van der Waals surface area contributed by atoms with E-state index in [0.717, 1.165) is 23.8 Å². The zero-order chi connectivity index (χ0) is 16.9. The lowest BCUT2D eigenvalue weighted by molar-refractivity contribution is 0.112. The molecule has 0 fully saturated rings. The van der Waals surface area contributed by atoms with Gasteiger partial charge < -0.3 is 0 Å². The van der Waals surface area contributed by atoms with Crippen molar-refractivity contribution in [1.29, 1.82) is 0 Å². The Bertz CT molecular complexity index is 792. The average Bonchev–Trinajstić information content (AvgIpc) is 2.64. The number of carbonyl (C=O) groups is 1. The van der Waals surface area contributed by atoms with E-state index in [4.69, 9.17) is 0 Å². The van der Waals surface area contributed by atoms with Crippen LogP contribution in [0.15, 0.2) is 72.8 Å². The fourth-order valence-electron chi connectivity index (χ4n) is 3.10. The van der Waals surface area contributed by atoms with Gasteiger partial charge in [-0.25, -0.2) is 0 Å². The minimum Gasteiger partial charge on any atom is -0.298 e. The zero-order valence-corrected chi connectivity index (χ0v) is 17.7. The normalized spacial score (nSPS) is 10.4. The molecular formula is C22H22IOP. The van der Waals surface area contributed by atoms with Gasteiger partial charge in [0.2, 0.25) is 0 Å². The van der Waals surface area contributed by atoms with Crippen molar-refractivity contribution >= 4 is 54.1 Å². The largest absolute Gasteiger partial charge is 0.298 e. The number of aryl methyl sites for hydroxylation is 1. The number of hydrogen-bond acceptors (Lipinski definition) is 1. The third kappa shape index (κ3) is 4.19. The van der Waals surface area contributed by atoms with E-state index in [1.807, 2.05) is 6.92 Å². The van der Waals surface area contributed by atoms with Crippen molar-refractivity contribution in [1.82, 2.24) is 0 Å². The lowest BCUT2D eigenvalue weighted by Gasteiger charge is -2.23. The Kier molecular flexibility index (Phi) is 7.34. The molecule has 128 valence electrons. The highest BCUT2D eigenvalue weighted by atomic mass is 127. The monoisotopic (exact) mass is 460 g/mol. The van der Waals surface area contributed by atoms with E-state index in [1.54, 1.807) is 0 Å². The van der Waals surface area contributed by atoms with Gasteiger partial charge in [0.1, 0.15) is 0 Å². The Labute approximate surface area is 168 Å². The molecule has 0 radical (unpaired) electrons. The molecule has 0 aliphatic carbocycles. The first kappa shape index (κ1) is 19.8. The molecule has 0 heterocycles. The van der Waals surface area contributed by atoms with E-state index in [-0.39, 0.29) is 24.0 Å². The van der Waals surface area contributed by atoms with Gasteiger partial charge in [0.25, 0.3) is 0 Å². The Morgan fingerprint density at radius 1 is 0.840 bits per heavy atom. The van der Waals surface area contributed by atoms with Crippen molar-refractivity contribution in [2.75, 3.05) is 0 Å². The second kappa shape index (κ2) is 9.26. The molecule has 0 aromatic heterocycles. The van der Waals surface area contributed by atoms with E-state index in [1.165, 1.54) is 21.5 Å². The molecule has 0 amide bonds. The number of halogens is 1. The maximum absolute atomic E-state index is 11.7. The summed E-state index contributed by atoms with van der Waals surface area (Å²) in [5, 5.41) is 3.92. The first-order valence-corrected chi connectivity index (χ1v) is 9.58. The van der Waals surface area contributed by atoms with E-state index >= 15 is 0 Å². The number of hydrogen-bond donors (Lipinski definition) is 0. The van der Waals surface area contributed by atoms with Crippen LogP contribution in [0.2, 0.25) is 0 Å². The fourth-order valence-corrected chi connectivity index (χ4v) is 5.66. The van der Waals surface area contributed by atoms with Gasteiger partial charge in [-0.05, 0) is 48.3 Å². The predicted molar refractivity (Wildman–Crippen MR) is 120 cm³/mol. The first-order chi connectivity index (χ1) is 11.8. The highest BCUT2D eigenvalue weighted by Gasteiger charge is 2.21. The molecule has 3 rings (SSSR count). The van der Waals surface area contributed by atoms with E-state index < -0.39 is 7.92 Å². The summed E-state index contributed by atoms with van der Waals surface area (Å²) in [5.74, 6) is 0. The maximum atomic E-state index is 11.7. The third-order valence-electron chi connectivity index (χ3n) is 4.29.